The maximum atomic E-state index is 14.1. The number of methoxy groups -OCH3 is 1. The first kappa shape index (κ1) is 22.1. The molecule has 0 aliphatic carbocycles. The molecule has 8 nitrogen and oxygen atoms in total. The summed E-state index contributed by atoms with van der Waals surface area (Å²) in [5, 5.41) is 0. The number of ether oxygens (including phenoxy) is 1. The summed E-state index contributed by atoms with van der Waals surface area (Å²) in [5.41, 5.74) is 0.760. The second kappa shape index (κ2) is 7.68. The number of rotatable bonds is 5. The third-order valence-electron chi connectivity index (χ3n) is 7.58. The third kappa shape index (κ3) is 2.65. The van der Waals surface area contributed by atoms with Crippen molar-refractivity contribution >= 4 is 29.4 Å². The van der Waals surface area contributed by atoms with E-state index in [-0.39, 0.29) is 24.8 Å². The highest BCUT2D eigenvalue weighted by molar-refractivity contribution is 6.26. The maximum Gasteiger partial charge on any atom is 0.332 e. The van der Waals surface area contributed by atoms with Crippen LogP contribution in [-0.4, -0.2) is 52.7 Å². The van der Waals surface area contributed by atoms with E-state index < -0.39 is 35.4 Å². The zero-order valence-electron chi connectivity index (χ0n) is 19.6. The highest BCUT2D eigenvalue weighted by atomic mass is 16.5. The van der Waals surface area contributed by atoms with Crippen LogP contribution in [0.4, 0.5) is 10.5 Å². The van der Waals surface area contributed by atoms with Crippen molar-refractivity contribution in [3.8, 4) is 5.75 Å². The molecule has 4 atom stereocenters. The van der Waals surface area contributed by atoms with Crippen LogP contribution in [0.25, 0.3) is 0 Å². The van der Waals surface area contributed by atoms with Gasteiger partial charge in [0.25, 0.3) is 5.91 Å². The molecule has 2 aromatic carbocycles. The highest BCUT2D eigenvalue weighted by Crippen LogP contribution is 2.59. The molecule has 0 bridgehead atoms. The van der Waals surface area contributed by atoms with Gasteiger partial charge in [-0.3, -0.25) is 19.3 Å². The predicted molar refractivity (Wildman–Crippen MR) is 124 cm³/mol. The second-order valence-electron chi connectivity index (χ2n) is 9.05. The number of benzene rings is 2. The van der Waals surface area contributed by atoms with Gasteiger partial charge < -0.3 is 9.64 Å². The first-order valence-corrected chi connectivity index (χ1v) is 11.6. The number of imide groups is 2. The van der Waals surface area contributed by atoms with Gasteiger partial charge in [-0.1, -0.05) is 36.8 Å². The van der Waals surface area contributed by atoms with Crippen molar-refractivity contribution in [1.29, 1.82) is 0 Å². The molecule has 0 aromatic heterocycles. The molecule has 3 heterocycles. The van der Waals surface area contributed by atoms with E-state index in [1.807, 2.05) is 31.2 Å². The molecule has 34 heavy (non-hydrogen) atoms. The lowest BCUT2D eigenvalue weighted by Gasteiger charge is -2.34. The van der Waals surface area contributed by atoms with E-state index in [0.717, 1.165) is 16.0 Å². The van der Waals surface area contributed by atoms with Gasteiger partial charge in [-0.15, -0.1) is 0 Å². The van der Waals surface area contributed by atoms with Crippen LogP contribution in [0.5, 0.6) is 5.75 Å². The van der Waals surface area contributed by atoms with E-state index in [0.29, 0.717) is 11.4 Å². The third-order valence-corrected chi connectivity index (χ3v) is 7.58. The fraction of sp³-hybridized carbons (Fsp3) is 0.385. The molecule has 3 saturated heterocycles. The Kier molecular flexibility index (Phi) is 5.00. The van der Waals surface area contributed by atoms with Crippen LogP contribution in [0.1, 0.15) is 37.4 Å². The molecule has 176 valence electrons. The highest BCUT2D eigenvalue weighted by Gasteiger charge is 2.76. The molecular weight excluding hydrogens is 434 g/mol. The maximum absolute atomic E-state index is 14.1. The minimum Gasteiger partial charge on any atom is -0.497 e. The van der Waals surface area contributed by atoms with Crippen molar-refractivity contribution in [2.45, 2.75) is 38.8 Å². The SMILES string of the molecule is CCN1C(=O)[C@H]2[C@@H](c3ccc(C)cc3)N3C(=O)N(c4ccc(OC)cc4)C(=O)[C@@]3(CC)[C@H]2C1=O. The van der Waals surface area contributed by atoms with Crippen LogP contribution in [0.2, 0.25) is 0 Å². The average Bonchev–Trinajstić information content (AvgIpc) is 3.37. The van der Waals surface area contributed by atoms with E-state index >= 15 is 0 Å². The van der Waals surface area contributed by atoms with Crippen molar-refractivity contribution in [3.05, 3.63) is 59.7 Å². The van der Waals surface area contributed by atoms with Crippen LogP contribution in [0, 0.1) is 18.8 Å². The summed E-state index contributed by atoms with van der Waals surface area (Å²) in [6, 6.07) is 13.0. The number of likely N-dealkylation sites (tertiary alicyclic amines) is 1. The Morgan fingerprint density at radius 3 is 2.12 bits per heavy atom. The smallest absolute Gasteiger partial charge is 0.332 e. The molecule has 0 radical (unpaired) electrons. The molecule has 3 aliphatic heterocycles. The Bertz CT molecular complexity index is 1190. The quantitative estimate of drug-likeness (QED) is 0.504. The number of fused-ring (bicyclic) bond motifs is 3. The second-order valence-corrected chi connectivity index (χ2v) is 9.05. The van der Waals surface area contributed by atoms with E-state index in [2.05, 4.69) is 0 Å². The standard InChI is InChI=1S/C26H27N3O5/c1-5-26-20-19(22(30)27(6-2)23(20)31)21(16-9-7-15(3)8-10-16)29(26)25(33)28(24(26)32)17-11-13-18(34-4)14-12-17/h7-14,19-21H,5-6H2,1-4H3/t19-,20-,21-,26-/m1/s1. The van der Waals surface area contributed by atoms with E-state index in [1.165, 1.54) is 16.9 Å². The fourth-order valence-corrected chi connectivity index (χ4v) is 5.98. The number of hydrogen-bond acceptors (Lipinski definition) is 5. The topological polar surface area (TPSA) is 87.2 Å². The Balaban J connectivity index is 1.70. The average molecular weight is 462 g/mol. The van der Waals surface area contributed by atoms with Gasteiger partial charge in [0.15, 0.2) is 0 Å². The summed E-state index contributed by atoms with van der Waals surface area (Å²) in [5.74, 6) is -2.27. The summed E-state index contributed by atoms with van der Waals surface area (Å²) in [4.78, 5) is 58.9. The van der Waals surface area contributed by atoms with Crippen LogP contribution >= 0.6 is 0 Å². The number of carbonyl (C=O) groups excluding carboxylic acids is 4. The molecule has 0 spiro atoms. The molecule has 0 N–H and O–H groups in total. The number of urea groups is 1. The van der Waals surface area contributed by atoms with Gasteiger partial charge in [0.05, 0.1) is 30.7 Å². The number of hydrogen-bond donors (Lipinski definition) is 0. The van der Waals surface area contributed by atoms with E-state index in [9.17, 15) is 19.2 Å². The normalized spacial score (nSPS) is 28.1. The Hall–Kier alpha value is -3.68. The van der Waals surface area contributed by atoms with Gasteiger partial charge in [-0.05, 0) is 50.1 Å². The predicted octanol–water partition coefficient (Wildman–Crippen LogP) is 3.30. The minimum atomic E-state index is -1.42. The lowest BCUT2D eigenvalue weighted by Crippen LogP contribution is -2.53. The number of amides is 5. The number of nitrogens with zero attached hydrogens (tertiary/aromatic N) is 3. The summed E-state index contributed by atoms with van der Waals surface area (Å²) in [7, 11) is 1.54. The van der Waals surface area contributed by atoms with E-state index in [1.54, 1.807) is 38.1 Å². The van der Waals surface area contributed by atoms with Gasteiger partial charge in [0.2, 0.25) is 11.8 Å². The molecule has 5 amide bonds. The van der Waals surface area contributed by atoms with Crippen molar-refractivity contribution in [2.75, 3.05) is 18.6 Å². The molecule has 0 unspecified atom stereocenters. The van der Waals surface area contributed by atoms with Crippen LogP contribution in [0.3, 0.4) is 0 Å². The van der Waals surface area contributed by atoms with Crippen LogP contribution in [-0.2, 0) is 14.4 Å². The van der Waals surface area contributed by atoms with E-state index in [4.69, 9.17) is 4.74 Å². The minimum absolute atomic E-state index is 0.227. The summed E-state index contributed by atoms with van der Waals surface area (Å²) in [6.07, 6.45) is 0.227. The molecular formula is C26H27N3O5. The first-order chi connectivity index (χ1) is 16.3. The van der Waals surface area contributed by atoms with Crippen LogP contribution in [0.15, 0.2) is 48.5 Å². The first-order valence-electron chi connectivity index (χ1n) is 11.6. The zero-order chi connectivity index (χ0) is 24.4. The molecule has 0 saturated carbocycles. The Morgan fingerprint density at radius 2 is 1.56 bits per heavy atom. The lowest BCUT2D eigenvalue weighted by molar-refractivity contribution is -0.144. The number of anilines is 1. The monoisotopic (exact) mass is 461 g/mol. The molecule has 3 fully saturated rings. The Labute approximate surface area is 198 Å². The molecule has 2 aromatic rings. The molecule has 5 rings (SSSR count). The fourth-order valence-electron chi connectivity index (χ4n) is 5.98. The molecule has 8 heteroatoms. The van der Waals surface area contributed by atoms with Crippen molar-refractivity contribution in [3.63, 3.8) is 0 Å². The van der Waals surface area contributed by atoms with Crippen LogP contribution < -0.4 is 9.64 Å². The number of carbonyl (C=O) groups is 4. The van der Waals surface area contributed by atoms with Gasteiger partial charge >= 0.3 is 6.03 Å². The lowest BCUT2D eigenvalue weighted by atomic mass is 9.77. The van der Waals surface area contributed by atoms with Crippen molar-refractivity contribution in [2.24, 2.45) is 11.8 Å². The summed E-state index contributed by atoms with van der Waals surface area (Å²) in [6.45, 7) is 5.74. The summed E-state index contributed by atoms with van der Waals surface area (Å²) >= 11 is 0. The van der Waals surface area contributed by atoms with Gasteiger partial charge in [0, 0.05) is 6.54 Å². The summed E-state index contributed by atoms with van der Waals surface area (Å²) < 4.78 is 5.21. The van der Waals surface area contributed by atoms with Crippen molar-refractivity contribution in [1.82, 2.24) is 9.80 Å². The Morgan fingerprint density at radius 1 is 0.912 bits per heavy atom. The van der Waals surface area contributed by atoms with Gasteiger partial charge in [-0.2, -0.15) is 0 Å². The zero-order valence-corrected chi connectivity index (χ0v) is 19.6. The van der Waals surface area contributed by atoms with Gasteiger partial charge in [0.1, 0.15) is 11.3 Å². The van der Waals surface area contributed by atoms with Crippen molar-refractivity contribution < 1.29 is 23.9 Å². The largest absolute Gasteiger partial charge is 0.497 e. The number of aryl methyl sites for hydroxylation is 1. The molecule has 3 aliphatic rings. The van der Waals surface area contributed by atoms with Gasteiger partial charge in [-0.25, -0.2) is 9.69 Å².